The van der Waals surface area contributed by atoms with Crippen LogP contribution in [0.2, 0.25) is 0 Å². The second-order valence-corrected chi connectivity index (χ2v) is 4.48. The van der Waals surface area contributed by atoms with E-state index < -0.39 is 0 Å². The van der Waals surface area contributed by atoms with Gasteiger partial charge in [0.15, 0.2) is 0 Å². The summed E-state index contributed by atoms with van der Waals surface area (Å²) in [6, 6.07) is 2.63. The molecule has 0 aliphatic carbocycles. The van der Waals surface area contributed by atoms with Crippen molar-refractivity contribution >= 4 is 0 Å². The minimum Gasteiger partial charge on any atom is -0.492 e. The van der Waals surface area contributed by atoms with Crippen LogP contribution in [0.3, 0.4) is 0 Å². The van der Waals surface area contributed by atoms with Crippen molar-refractivity contribution in [2.45, 2.75) is 46.1 Å². The molecule has 1 N–H and O–H groups in total. The van der Waals surface area contributed by atoms with Gasteiger partial charge in [-0.25, -0.2) is 0 Å². The molecule has 1 rings (SSSR count). The lowest BCUT2D eigenvalue weighted by molar-refractivity contribution is 0.338. The van der Waals surface area contributed by atoms with Crippen molar-refractivity contribution < 1.29 is 4.74 Å². The van der Waals surface area contributed by atoms with Crippen molar-refractivity contribution in [3.05, 3.63) is 24.0 Å². The number of aromatic nitrogens is 1. The van der Waals surface area contributed by atoms with Gasteiger partial charge in [0.05, 0.1) is 12.8 Å². The highest BCUT2D eigenvalue weighted by molar-refractivity contribution is 5.26. The molecule has 0 amide bonds. The maximum atomic E-state index is 5.47. The summed E-state index contributed by atoms with van der Waals surface area (Å²) in [5, 5.41) is 3.43. The molecule has 17 heavy (non-hydrogen) atoms. The molecular formula is C14H24N2O. The first-order chi connectivity index (χ1) is 8.17. The Bertz CT molecular complexity index is 328. The third-order valence-corrected chi connectivity index (χ3v) is 2.87. The number of hydrogen-bond acceptors (Lipinski definition) is 3. The first-order valence-electron chi connectivity index (χ1n) is 6.48. The average Bonchev–Trinajstić information content (AvgIpc) is 2.30. The van der Waals surface area contributed by atoms with Crippen LogP contribution in [0.1, 0.15) is 45.6 Å². The molecule has 1 aromatic rings. The van der Waals surface area contributed by atoms with Crippen LogP contribution in [-0.2, 0) is 0 Å². The maximum absolute atomic E-state index is 5.47. The van der Waals surface area contributed by atoms with Gasteiger partial charge in [0.1, 0.15) is 5.75 Å². The minimum absolute atomic E-state index is 0.497. The Morgan fingerprint density at radius 3 is 2.71 bits per heavy atom. The Balaban J connectivity index is 2.61. The van der Waals surface area contributed by atoms with E-state index in [0.717, 1.165) is 18.7 Å². The van der Waals surface area contributed by atoms with Crippen molar-refractivity contribution in [2.24, 2.45) is 0 Å². The molecule has 2 unspecified atom stereocenters. The molecule has 0 bridgehead atoms. The van der Waals surface area contributed by atoms with E-state index in [1.54, 1.807) is 6.20 Å². The molecule has 0 aliphatic heterocycles. The summed E-state index contributed by atoms with van der Waals surface area (Å²) in [4.78, 5) is 4.23. The molecular weight excluding hydrogens is 212 g/mol. The van der Waals surface area contributed by atoms with Gasteiger partial charge in [-0.2, -0.15) is 0 Å². The minimum atomic E-state index is 0.497. The monoisotopic (exact) mass is 236 g/mol. The van der Waals surface area contributed by atoms with Gasteiger partial charge in [0.25, 0.3) is 0 Å². The number of rotatable bonds is 7. The summed E-state index contributed by atoms with van der Waals surface area (Å²) < 4.78 is 5.47. The van der Waals surface area contributed by atoms with E-state index in [9.17, 15) is 0 Å². The van der Waals surface area contributed by atoms with E-state index in [0.29, 0.717) is 18.6 Å². The predicted octanol–water partition coefficient (Wildman–Crippen LogP) is 2.97. The van der Waals surface area contributed by atoms with Crippen LogP contribution in [-0.4, -0.2) is 24.2 Å². The summed E-state index contributed by atoms with van der Waals surface area (Å²) in [5.41, 5.74) is 1.25. The van der Waals surface area contributed by atoms with Crippen LogP contribution in [0.5, 0.6) is 5.75 Å². The summed E-state index contributed by atoms with van der Waals surface area (Å²) in [5.74, 6) is 1.37. The standard InChI is InChI=1S/C14H24N2O/c1-5-16-12(4)7-11(3)13-8-14(17-6-2)10-15-9-13/h8-12,16H,5-7H2,1-4H3. The summed E-state index contributed by atoms with van der Waals surface area (Å²) in [7, 11) is 0. The molecule has 2 atom stereocenters. The molecule has 0 radical (unpaired) electrons. The van der Waals surface area contributed by atoms with Gasteiger partial charge < -0.3 is 10.1 Å². The number of nitrogens with one attached hydrogen (secondary N) is 1. The topological polar surface area (TPSA) is 34.2 Å². The Morgan fingerprint density at radius 2 is 2.06 bits per heavy atom. The van der Waals surface area contributed by atoms with Gasteiger partial charge in [-0.05, 0) is 44.4 Å². The van der Waals surface area contributed by atoms with E-state index >= 15 is 0 Å². The zero-order valence-corrected chi connectivity index (χ0v) is 11.4. The molecule has 3 nitrogen and oxygen atoms in total. The lowest BCUT2D eigenvalue weighted by Gasteiger charge is -2.18. The molecule has 1 aromatic heterocycles. The zero-order chi connectivity index (χ0) is 12.7. The quantitative estimate of drug-likeness (QED) is 0.790. The first kappa shape index (κ1) is 14.0. The number of ether oxygens (including phenoxy) is 1. The smallest absolute Gasteiger partial charge is 0.137 e. The number of nitrogens with zero attached hydrogens (tertiary/aromatic N) is 1. The highest BCUT2D eigenvalue weighted by atomic mass is 16.5. The average molecular weight is 236 g/mol. The number of pyridine rings is 1. The SMILES string of the molecule is CCNC(C)CC(C)c1cncc(OCC)c1. The highest BCUT2D eigenvalue weighted by Gasteiger charge is 2.11. The van der Waals surface area contributed by atoms with Crippen molar-refractivity contribution in [3.8, 4) is 5.75 Å². The van der Waals surface area contributed by atoms with Gasteiger partial charge in [-0.15, -0.1) is 0 Å². The lowest BCUT2D eigenvalue weighted by Crippen LogP contribution is -2.26. The predicted molar refractivity (Wildman–Crippen MR) is 71.6 cm³/mol. The summed E-state index contributed by atoms with van der Waals surface area (Å²) in [6.07, 6.45) is 4.82. The van der Waals surface area contributed by atoms with Crippen LogP contribution >= 0.6 is 0 Å². The fourth-order valence-corrected chi connectivity index (χ4v) is 2.05. The molecule has 0 saturated carbocycles. The molecule has 96 valence electrons. The van der Waals surface area contributed by atoms with Crippen molar-refractivity contribution in [2.75, 3.05) is 13.2 Å². The van der Waals surface area contributed by atoms with Gasteiger partial charge in [0.2, 0.25) is 0 Å². The van der Waals surface area contributed by atoms with Crippen LogP contribution < -0.4 is 10.1 Å². The van der Waals surface area contributed by atoms with E-state index in [1.807, 2.05) is 13.1 Å². The molecule has 3 heteroatoms. The van der Waals surface area contributed by atoms with Gasteiger partial charge in [-0.1, -0.05) is 13.8 Å². The number of hydrogen-bond donors (Lipinski definition) is 1. The third-order valence-electron chi connectivity index (χ3n) is 2.87. The zero-order valence-electron chi connectivity index (χ0n) is 11.4. The molecule has 0 aromatic carbocycles. The largest absolute Gasteiger partial charge is 0.492 e. The normalized spacial score (nSPS) is 14.4. The molecule has 1 heterocycles. The summed E-state index contributed by atoms with van der Waals surface area (Å²) >= 11 is 0. The van der Waals surface area contributed by atoms with Gasteiger partial charge >= 0.3 is 0 Å². The second kappa shape index (κ2) is 7.28. The summed E-state index contributed by atoms with van der Waals surface area (Å²) in [6.45, 7) is 10.3. The van der Waals surface area contributed by atoms with E-state index in [2.05, 4.69) is 37.1 Å². The van der Waals surface area contributed by atoms with Crippen molar-refractivity contribution in [1.29, 1.82) is 0 Å². The van der Waals surface area contributed by atoms with Crippen LogP contribution in [0.25, 0.3) is 0 Å². The second-order valence-electron chi connectivity index (χ2n) is 4.48. The lowest BCUT2D eigenvalue weighted by atomic mass is 9.96. The van der Waals surface area contributed by atoms with Crippen LogP contribution in [0.4, 0.5) is 0 Å². The Kier molecular flexibility index (Phi) is 5.98. The molecule has 0 saturated heterocycles. The Labute approximate surface area is 105 Å². The molecule has 0 aliphatic rings. The van der Waals surface area contributed by atoms with E-state index in [-0.39, 0.29) is 0 Å². The van der Waals surface area contributed by atoms with E-state index in [4.69, 9.17) is 4.74 Å². The first-order valence-corrected chi connectivity index (χ1v) is 6.48. The fraction of sp³-hybridized carbons (Fsp3) is 0.643. The molecule has 0 spiro atoms. The van der Waals surface area contributed by atoms with Gasteiger partial charge in [0, 0.05) is 12.2 Å². The van der Waals surface area contributed by atoms with Crippen molar-refractivity contribution in [3.63, 3.8) is 0 Å². The Hall–Kier alpha value is -1.09. The maximum Gasteiger partial charge on any atom is 0.137 e. The van der Waals surface area contributed by atoms with Crippen molar-refractivity contribution in [1.82, 2.24) is 10.3 Å². The van der Waals surface area contributed by atoms with Crippen LogP contribution in [0.15, 0.2) is 18.5 Å². The Morgan fingerprint density at radius 1 is 1.29 bits per heavy atom. The highest BCUT2D eigenvalue weighted by Crippen LogP contribution is 2.23. The molecule has 0 fully saturated rings. The van der Waals surface area contributed by atoms with E-state index in [1.165, 1.54) is 5.56 Å². The van der Waals surface area contributed by atoms with Gasteiger partial charge in [-0.3, -0.25) is 4.98 Å². The third kappa shape index (κ3) is 4.73. The van der Waals surface area contributed by atoms with Crippen LogP contribution in [0, 0.1) is 0 Å². The fourth-order valence-electron chi connectivity index (χ4n) is 2.05.